The van der Waals surface area contributed by atoms with Crippen LogP contribution in [-0.2, 0) is 23.9 Å². The third-order valence-corrected chi connectivity index (χ3v) is 5.54. The van der Waals surface area contributed by atoms with Crippen LogP contribution in [0.4, 0.5) is 5.69 Å². The van der Waals surface area contributed by atoms with Crippen LogP contribution in [0.2, 0.25) is 0 Å². The molecule has 6 N–H and O–H groups in total. The third kappa shape index (κ3) is 3.44. The fourth-order valence-corrected chi connectivity index (χ4v) is 3.71. The van der Waals surface area contributed by atoms with E-state index in [4.69, 9.17) is 15.2 Å². The van der Waals surface area contributed by atoms with Gasteiger partial charge in [-0.3, -0.25) is 19.2 Å². The number of carbonyl (C=O) groups is 4. The normalized spacial score (nSPS) is 33.9. The summed E-state index contributed by atoms with van der Waals surface area (Å²) in [5, 5.41) is 44.1. The monoisotopic (exact) mass is 439 g/mol. The molecular weight excluding hydrogens is 414 g/mol. The molecule has 1 fully saturated rings. The number of hydrogen-bond donors (Lipinski definition) is 5. The first-order valence-corrected chi connectivity index (χ1v) is 9.22. The molecule has 0 amide bonds. The molecule has 0 spiro atoms. The van der Waals surface area contributed by atoms with Gasteiger partial charge >= 0.3 is 0 Å². The molecule has 0 aromatic heterocycles. The van der Waals surface area contributed by atoms with Crippen LogP contribution in [0.25, 0.3) is 0 Å². The van der Waals surface area contributed by atoms with Crippen LogP contribution in [0.15, 0.2) is 24.3 Å². The van der Waals surface area contributed by atoms with Crippen LogP contribution in [-0.4, -0.2) is 78.9 Å². The Morgan fingerprint density at radius 2 is 1.42 bits per heavy atom. The van der Waals surface area contributed by atoms with E-state index in [1.165, 1.54) is 24.3 Å². The minimum Gasteiger partial charge on any atom is -0.461 e. The van der Waals surface area contributed by atoms with Gasteiger partial charge in [0, 0.05) is 5.69 Å². The first kappa shape index (κ1) is 24.6. The van der Waals surface area contributed by atoms with Crippen LogP contribution in [0.1, 0.15) is 27.7 Å². The van der Waals surface area contributed by atoms with Crippen molar-refractivity contribution in [2.45, 2.75) is 63.0 Å². The number of nitrogens with two attached hydrogens (primary N) is 1. The van der Waals surface area contributed by atoms with Crippen molar-refractivity contribution in [3.63, 3.8) is 0 Å². The lowest BCUT2D eigenvalue weighted by molar-refractivity contribution is -0.358. The number of ketones is 4. The molecule has 1 aromatic carbocycles. The Morgan fingerprint density at radius 1 is 0.935 bits per heavy atom. The van der Waals surface area contributed by atoms with Crippen molar-refractivity contribution in [3.05, 3.63) is 24.3 Å². The highest BCUT2D eigenvalue weighted by Crippen LogP contribution is 2.48. The van der Waals surface area contributed by atoms with Crippen molar-refractivity contribution < 1.29 is 49.1 Å². The second-order valence-electron chi connectivity index (χ2n) is 7.54. The van der Waals surface area contributed by atoms with Gasteiger partial charge in [-0.15, -0.1) is 0 Å². The summed E-state index contributed by atoms with van der Waals surface area (Å²) in [5.74, 6) is -5.08. The van der Waals surface area contributed by atoms with Crippen molar-refractivity contribution in [2.24, 2.45) is 0 Å². The maximum atomic E-state index is 12.6. The highest BCUT2D eigenvalue weighted by molar-refractivity contribution is 6.05. The topological polar surface area (TPSA) is 194 Å². The van der Waals surface area contributed by atoms with Crippen molar-refractivity contribution in [1.82, 2.24) is 0 Å². The summed E-state index contributed by atoms with van der Waals surface area (Å²) in [5.41, 5.74) is -4.31. The molecule has 1 saturated heterocycles. The molecule has 1 aromatic rings. The molecule has 11 nitrogen and oxygen atoms in total. The highest BCUT2D eigenvalue weighted by atomic mass is 16.7. The average Bonchev–Trinajstić information content (AvgIpc) is 2.68. The zero-order valence-electron chi connectivity index (χ0n) is 17.4. The van der Waals surface area contributed by atoms with Gasteiger partial charge in [0.15, 0.2) is 28.7 Å². The van der Waals surface area contributed by atoms with Crippen LogP contribution in [0.5, 0.6) is 5.75 Å². The van der Waals surface area contributed by atoms with Gasteiger partial charge < -0.3 is 35.6 Å². The molecule has 0 saturated carbocycles. The first-order valence-electron chi connectivity index (χ1n) is 9.22. The minimum absolute atomic E-state index is 0.0471. The largest absolute Gasteiger partial charge is 0.461 e. The molecule has 2 rings (SSSR count). The van der Waals surface area contributed by atoms with Gasteiger partial charge in [-0.1, -0.05) is 0 Å². The van der Waals surface area contributed by atoms with E-state index in [0.29, 0.717) is 12.6 Å². The predicted molar refractivity (Wildman–Crippen MR) is 104 cm³/mol. The lowest BCUT2D eigenvalue weighted by Gasteiger charge is -2.57. The zero-order chi connectivity index (χ0) is 23.9. The smallest absolute Gasteiger partial charge is 0.240 e. The van der Waals surface area contributed by atoms with E-state index in [-0.39, 0.29) is 5.75 Å². The lowest BCUT2D eigenvalue weighted by Crippen LogP contribution is -2.87. The SMILES string of the molecule is CC(=O)C(O)[C@H]1O[C@H](Oc2ccc(N)cc2)[C@@](O)(C(C)=O)[C@](O)(C(C)=O)[C@@]1(O)C(C)=O. The standard InChI is InChI=1S/C20H25NO10/c1-9(22)15(26)16-18(27,10(2)23)20(29,12(4)25)19(28,11(3)24)17(31-16)30-14-7-5-13(21)6-8-14/h5-8,15-17,26-29H,21H2,1-4H3/t15?,16-,17+,18-,19+,20+/m1/s1. The number of aliphatic hydroxyl groups excluding tert-OH is 1. The second-order valence-corrected chi connectivity index (χ2v) is 7.54. The number of ether oxygens (including phenoxy) is 2. The second kappa shape index (κ2) is 8.09. The van der Waals surface area contributed by atoms with E-state index in [9.17, 15) is 39.6 Å². The van der Waals surface area contributed by atoms with Gasteiger partial charge in [0.05, 0.1) is 0 Å². The Kier molecular flexibility index (Phi) is 6.41. The molecule has 1 aliphatic heterocycles. The minimum atomic E-state index is -3.55. The molecule has 1 unspecified atom stereocenters. The third-order valence-electron chi connectivity index (χ3n) is 5.54. The molecule has 170 valence electrons. The number of Topliss-reactive ketones (excluding diaryl/α,β-unsaturated/α-hetero) is 4. The molecular formula is C20H25NO10. The predicted octanol–water partition coefficient (Wildman–Crippen LogP) is -1.72. The quantitative estimate of drug-likeness (QED) is 0.303. The Bertz CT molecular complexity index is 915. The zero-order valence-corrected chi connectivity index (χ0v) is 17.4. The van der Waals surface area contributed by atoms with Crippen LogP contribution in [0.3, 0.4) is 0 Å². The molecule has 31 heavy (non-hydrogen) atoms. The van der Waals surface area contributed by atoms with Gasteiger partial charge in [-0.05, 0) is 52.0 Å². The summed E-state index contributed by atoms with van der Waals surface area (Å²) in [7, 11) is 0. The van der Waals surface area contributed by atoms with Crippen LogP contribution < -0.4 is 10.5 Å². The summed E-state index contributed by atoms with van der Waals surface area (Å²) in [6.45, 7) is 3.13. The highest BCUT2D eigenvalue weighted by Gasteiger charge is 2.80. The van der Waals surface area contributed by atoms with Crippen molar-refractivity contribution in [1.29, 1.82) is 0 Å². The van der Waals surface area contributed by atoms with Crippen molar-refractivity contribution in [2.75, 3.05) is 5.73 Å². The van der Waals surface area contributed by atoms with Gasteiger partial charge in [0.2, 0.25) is 17.5 Å². The Hall–Kier alpha value is -2.70. The fraction of sp³-hybridized carbons (Fsp3) is 0.500. The number of benzene rings is 1. The Labute approximate surface area is 177 Å². The molecule has 0 radical (unpaired) electrons. The number of nitrogen functional groups attached to an aromatic ring is 1. The van der Waals surface area contributed by atoms with Gasteiger partial charge in [-0.25, -0.2) is 0 Å². The van der Waals surface area contributed by atoms with E-state index in [1.807, 2.05) is 0 Å². The van der Waals surface area contributed by atoms with Crippen LogP contribution >= 0.6 is 0 Å². The summed E-state index contributed by atoms with van der Waals surface area (Å²) >= 11 is 0. The van der Waals surface area contributed by atoms with Crippen molar-refractivity contribution >= 4 is 28.8 Å². The van der Waals surface area contributed by atoms with Crippen molar-refractivity contribution in [3.8, 4) is 5.75 Å². The van der Waals surface area contributed by atoms with E-state index < -0.39 is 58.4 Å². The average molecular weight is 439 g/mol. The van der Waals surface area contributed by atoms with Crippen LogP contribution in [0, 0.1) is 0 Å². The molecule has 1 heterocycles. The van der Waals surface area contributed by atoms with E-state index in [2.05, 4.69) is 0 Å². The fourth-order valence-electron chi connectivity index (χ4n) is 3.71. The summed E-state index contributed by atoms with van der Waals surface area (Å²) in [6, 6.07) is 5.43. The van der Waals surface area contributed by atoms with Gasteiger partial charge in [0.1, 0.15) is 18.0 Å². The number of anilines is 1. The first-order chi connectivity index (χ1) is 14.1. The van der Waals surface area contributed by atoms with E-state index >= 15 is 0 Å². The lowest BCUT2D eigenvalue weighted by atomic mass is 9.60. The molecule has 6 atom stereocenters. The van der Waals surface area contributed by atoms with E-state index in [0.717, 1.165) is 20.8 Å². The molecule has 0 bridgehead atoms. The number of aliphatic hydroxyl groups is 4. The number of rotatable bonds is 7. The summed E-state index contributed by atoms with van der Waals surface area (Å²) in [4.78, 5) is 49.4. The number of carbonyl (C=O) groups excluding carboxylic acids is 4. The maximum absolute atomic E-state index is 12.6. The molecule has 0 aliphatic carbocycles. The van der Waals surface area contributed by atoms with Gasteiger partial charge in [-0.2, -0.15) is 0 Å². The maximum Gasteiger partial charge on any atom is 0.240 e. The summed E-state index contributed by atoms with van der Waals surface area (Å²) < 4.78 is 10.8. The number of hydrogen-bond acceptors (Lipinski definition) is 11. The van der Waals surface area contributed by atoms with Gasteiger partial charge in [0.25, 0.3) is 0 Å². The molecule has 11 heteroatoms. The Morgan fingerprint density at radius 3 is 1.81 bits per heavy atom. The summed E-state index contributed by atoms with van der Waals surface area (Å²) in [6.07, 6.45) is -6.72. The molecule has 1 aliphatic rings. The van der Waals surface area contributed by atoms with E-state index in [1.54, 1.807) is 0 Å². The Balaban J connectivity index is 2.81.